The van der Waals surface area contributed by atoms with E-state index in [4.69, 9.17) is 9.47 Å². The van der Waals surface area contributed by atoms with E-state index in [0.29, 0.717) is 11.3 Å². The highest BCUT2D eigenvalue weighted by Crippen LogP contribution is 2.28. The molecule has 0 aliphatic carbocycles. The Labute approximate surface area is 112 Å². The largest absolute Gasteiger partial charge is 0.519 e. The molecule has 2 heterocycles. The van der Waals surface area contributed by atoms with Gasteiger partial charge in [-0.3, -0.25) is 4.79 Å². The third-order valence-electron chi connectivity index (χ3n) is 1.82. The summed E-state index contributed by atoms with van der Waals surface area (Å²) < 4.78 is 12.1. The Bertz CT molecular complexity index is 505. The topological polar surface area (TPSA) is 52.6 Å². The normalized spacial score (nSPS) is 10.9. The molecule has 2 aliphatic rings. The van der Waals surface area contributed by atoms with Crippen LogP contribution in [0.5, 0.6) is 11.5 Å². The van der Waals surface area contributed by atoms with Crippen LogP contribution in [-0.2, 0) is 0 Å². The molecule has 2 aliphatic heterocycles. The first-order chi connectivity index (χ1) is 8.08. The minimum atomic E-state index is -0.803. The Hall–Kier alpha value is -1.55. The SMILES string of the molecule is CC#CI.CC(=O)c1cc2ccc1OC(=O)O2. The number of hydrogen-bond acceptors (Lipinski definition) is 4. The molecule has 2 bridgehead atoms. The van der Waals surface area contributed by atoms with Crippen LogP contribution in [-0.4, -0.2) is 11.9 Å². The second-order valence-corrected chi connectivity index (χ2v) is 3.55. The molecule has 0 amide bonds. The van der Waals surface area contributed by atoms with Crippen molar-refractivity contribution in [2.24, 2.45) is 0 Å². The second-order valence-electron chi connectivity index (χ2n) is 3.01. The van der Waals surface area contributed by atoms with Crippen LogP contribution in [0, 0.1) is 9.85 Å². The van der Waals surface area contributed by atoms with Gasteiger partial charge in [0.05, 0.1) is 5.56 Å². The Morgan fingerprint density at radius 3 is 2.53 bits per heavy atom. The van der Waals surface area contributed by atoms with Crippen LogP contribution < -0.4 is 9.47 Å². The molecule has 0 spiro atoms. The fraction of sp³-hybridized carbons (Fsp3) is 0.167. The summed E-state index contributed by atoms with van der Waals surface area (Å²) in [5.41, 5.74) is 0.364. The lowest BCUT2D eigenvalue weighted by Gasteiger charge is -1.99. The van der Waals surface area contributed by atoms with Crippen LogP contribution >= 0.6 is 22.6 Å². The molecule has 0 saturated carbocycles. The van der Waals surface area contributed by atoms with Gasteiger partial charge in [0.15, 0.2) is 5.78 Å². The molecule has 0 aromatic heterocycles. The number of ether oxygens (including phenoxy) is 2. The summed E-state index contributed by atoms with van der Waals surface area (Å²) in [4.78, 5) is 21.9. The van der Waals surface area contributed by atoms with Gasteiger partial charge < -0.3 is 9.47 Å². The molecule has 0 atom stereocenters. The minimum Gasteiger partial charge on any atom is -0.395 e. The van der Waals surface area contributed by atoms with Crippen LogP contribution in [0.25, 0.3) is 0 Å². The molecule has 1 aromatic carbocycles. The molecule has 1 aromatic rings. The van der Waals surface area contributed by atoms with Gasteiger partial charge in [0.2, 0.25) is 0 Å². The van der Waals surface area contributed by atoms with Gasteiger partial charge in [-0.05, 0) is 36.0 Å². The van der Waals surface area contributed by atoms with E-state index in [1.165, 1.54) is 19.1 Å². The van der Waals surface area contributed by atoms with Crippen molar-refractivity contribution in [3.8, 4) is 21.3 Å². The molecule has 0 fully saturated rings. The zero-order valence-electron chi connectivity index (χ0n) is 9.24. The summed E-state index contributed by atoms with van der Waals surface area (Å²) in [6, 6.07) is 4.60. The molecule has 0 saturated heterocycles. The van der Waals surface area contributed by atoms with E-state index in [-0.39, 0.29) is 11.5 Å². The van der Waals surface area contributed by atoms with Crippen LogP contribution in [0.2, 0.25) is 0 Å². The molecule has 3 rings (SSSR count). The highest BCUT2D eigenvalue weighted by Gasteiger charge is 2.20. The lowest BCUT2D eigenvalue weighted by molar-refractivity contribution is 0.101. The van der Waals surface area contributed by atoms with E-state index >= 15 is 0 Å². The maximum absolute atomic E-state index is 11.1. The molecular formula is C12H9IO4. The minimum absolute atomic E-state index is 0.157. The van der Waals surface area contributed by atoms with Crippen molar-refractivity contribution in [1.82, 2.24) is 0 Å². The first-order valence-corrected chi connectivity index (χ1v) is 5.73. The molecular weight excluding hydrogens is 335 g/mol. The third-order valence-corrected chi connectivity index (χ3v) is 2.36. The van der Waals surface area contributed by atoms with Gasteiger partial charge in [0.1, 0.15) is 11.5 Å². The number of fused-ring (bicyclic) bond motifs is 4. The van der Waals surface area contributed by atoms with E-state index in [1.54, 1.807) is 6.07 Å². The van der Waals surface area contributed by atoms with Crippen molar-refractivity contribution in [2.75, 3.05) is 0 Å². The van der Waals surface area contributed by atoms with Gasteiger partial charge in [0, 0.05) is 22.6 Å². The fourth-order valence-electron chi connectivity index (χ4n) is 1.14. The first kappa shape index (κ1) is 13.5. The number of carbonyl (C=O) groups is 2. The average molecular weight is 344 g/mol. The summed E-state index contributed by atoms with van der Waals surface area (Å²) in [6.45, 7) is 3.22. The number of benzene rings is 1. The van der Waals surface area contributed by atoms with Crippen LogP contribution in [0.1, 0.15) is 24.2 Å². The zero-order chi connectivity index (χ0) is 12.8. The van der Waals surface area contributed by atoms with Crippen molar-refractivity contribution in [2.45, 2.75) is 13.8 Å². The quantitative estimate of drug-likeness (QED) is 0.258. The summed E-state index contributed by atoms with van der Waals surface area (Å²) in [5, 5.41) is 0. The summed E-state index contributed by atoms with van der Waals surface area (Å²) in [7, 11) is 0. The Kier molecular flexibility index (Phi) is 4.97. The lowest BCUT2D eigenvalue weighted by Crippen LogP contribution is -2.11. The molecule has 0 N–H and O–H groups in total. The number of ketones is 1. The molecule has 88 valence electrons. The number of rotatable bonds is 1. The molecule has 0 radical (unpaired) electrons. The van der Waals surface area contributed by atoms with Crippen LogP contribution in [0.3, 0.4) is 0 Å². The van der Waals surface area contributed by atoms with Gasteiger partial charge in [-0.2, -0.15) is 0 Å². The van der Waals surface area contributed by atoms with Crippen molar-refractivity contribution in [1.29, 1.82) is 0 Å². The lowest BCUT2D eigenvalue weighted by atomic mass is 10.1. The molecule has 0 unspecified atom stereocenters. The zero-order valence-corrected chi connectivity index (χ0v) is 11.4. The van der Waals surface area contributed by atoms with Crippen molar-refractivity contribution < 1.29 is 19.1 Å². The molecule has 5 heteroatoms. The predicted octanol–water partition coefficient (Wildman–Crippen LogP) is 3.18. The highest BCUT2D eigenvalue weighted by molar-refractivity contribution is 14.1. The number of hydrogen-bond donors (Lipinski definition) is 0. The summed E-state index contributed by atoms with van der Waals surface area (Å²) in [6.07, 6.45) is -0.803. The van der Waals surface area contributed by atoms with E-state index in [2.05, 4.69) is 9.85 Å². The predicted molar refractivity (Wildman–Crippen MR) is 70.6 cm³/mol. The number of carbonyl (C=O) groups excluding carboxylic acids is 2. The first-order valence-electron chi connectivity index (χ1n) is 4.65. The second kappa shape index (κ2) is 6.25. The third kappa shape index (κ3) is 3.75. The van der Waals surface area contributed by atoms with Crippen molar-refractivity contribution in [3.05, 3.63) is 23.8 Å². The monoisotopic (exact) mass is 344 g/mol. The Morgan fingerprint density at radius 1 is 1.35 bits per heavy atom. The summed E-state index contributed by atoms with van der Waals surface area (Å²) in [5.74, 6) is 3.09. The van der Waals surface area contributed by atoms with E-state index in [1.807, 2.05) is 29.5 Å². The van der Waals surface area contributed by atoms with Crippen molar-refractivity contribution >= 4 is 34.5 Å². The highest BCUT2D eigenvalue weighted by atomic mass is 127. The van der Waals surface area contributed by atoms with Crippen LogP contribution in [0.15, 0.2) is 18.2 Å². The number of halogens is 1. The van der Waals surface area contributed by atoms with Crippen molar-refractivity contribution in [3.63, 3.8) is 0 Å². The standard InChI is InChI=1S/C9H6O4.C3H3I/c1-5(10)7-4-6-2-3-8(7)13-9(11)12-6;1-2-3-4/h2-4H,1H3;1H3. The summed E-state index contributed by atoms with van der Waals surface area (Å²) >= 11 is 1.99. The fourth-order valence-corrected chi connectivity index (χ4v) is 1.14. The van der Waals surface area contributed by atoms with Gasteiger partial charge in [-0.1, -0.05) is 5.92 Å². The van der Waals surface area contributed by atoms with Gasteiger partial charge >= 0.3 is 6.16 Å². The Morgan fingerprint density at radius 2 is 2.00 bits per heavy atom. The van der Waals surface area contributed by atoms with E-state index in [9.17, 15) is 9.59 Å². The van der Waals surface area contributed by atoms with Gasteiger partial charge in [-0.15, -0.1) is 0 Å². The molecule has 17 heavy (non-hydrogen) atoms. The maximum atomic E-state index is 11.1. The van der Waals surface area contributed by atoms with Gasteiger partial charge in [0.25, 0.3) is 0 Å². The van der Waals surface area contributed by atoms with E-state index in [0.717, 1.165) is 0 Å². The van der Waals surface area contributed by atoms with Gasteiger partial charge in [-0.25, -0.2) is 4.79 Å². The average Bonchev–Trinajstić information content (AvgIpc) is 2.57. The van der Waals surface area contributed by atoms with E-state index < -0.39 is 6.16 Å². The maximum Gasteiger partial charge on any atom is 0.519 e. The Balaban J connectivity index is 0.000000317. The van der Waals surface area contributed by atoms with Crippen LogP contribution in [0.4, 0.5) is 4.79 Å². The smallest absolute Gasteiger partial charge is 0.395 e. The molecule has 4 nitrogen and oxygen atoms in total. The number of Topliss-reactive ketones (excluding diaryl/α,β-unsaturated/α-hetero) is 1.